The molecule has 0 heterocycles. The third-order valence-electron chi connectivity index (χ3n) is 5.36. The molecule has 3 rings (SSSR count). The molecule has 0 saturated heterocycles. The predicted octanol–water partition coefficient (Wildman–Crippen LogP) is 2.33. The van der Waals surface area contributed by atoms with Crippen LogP contribution in [-0.2, 0) is 19.1 Å². The van der Waals surface area contributed by atoms with Gasteiger partial charge in [0.05, 0.1) is 6.61 Å². The Morgan fingerprint density at radius 1 is 1.03 bits per heavy atom. The average molecular weight is 440 g/mol. The zero-order chi connectivity index (χ0) is 23.3. The summed E-state index contributed by atoms with van der Waals surface area (Å²) in [6, 6.07) is 14.4. The number of benzene rings is 2. The maximum absolute atomic E-state index is 12.4. The fourth-order valence-electron chi connectivity index (χ4n) is 3.83. The summed E-state index contributed by atoms with van der Waals surface area (Å²) in [5, 5.41) is 11.8. The smallest absolute Gasteiger partial charge is 0.407 e. The Kier molecular flexibility index (Phi) is 7.48. The molecule has 0 radical (unpaired) electrons. The summed E-state index contributed by atoms with van der Waals surface area (Å²) >= 11 is 0. The molecular weight excluding hydrogens is 412 g/mol. The highest BCUT2D eigenvalue weighted by molar-refractivity contribution is 5.86. The van der Waals surface area contributed by atoms with Crippen molar-refractivity contribution >= 4 is 18.0 Å². The Hall–Kier alpha value is -3.39. The number of nitrogens with one attached hydrogen (secondary N) is 1. The molecule has 4 N–H and O–H groups in total. The Bertz CT molecular complexity index is 944. The first-order valence-corrected chi connectivity index (χ1v) is 10.5. The van der Waals surface area contributed by atoms with Gasteiger partial charge >= 0.3 is 12.1 Å². The van der Waals surface area contributed by atoms with Crippen molar-refractivity contribution in [2.45, 2.75) is 38.3 Å². The van der Waals surface area contributed by atoms with E-state index in [1.54, 1.807) is 0 Å². The topological polar surface area (TPSA) is 128 Å². The number of alkyl carbamates (subject to hydrolysis) is 1. The molecule has 0 unspecified atom stereocenters. The van der Waals surface area contributed by atoms with Gasteiger partial charge in [-0.25, -0.2) is 9.59 Å². The van der Waals surface area contributed by atoms with Gasteiger partial charge in [-0.2, -0.15) is 0 Å². The van der Waals surface area contributed by atoms with Gasteiger partial charge in [-0.3, -0.25) is 4.79 Å². The molecule has 0 fully saturated rings. The van der Waals surface area contributed by atoms with Crippen molar-refractivity contribution in [1.82, 2.24) is 5.32 Å². The summed E-state index contributed by atoms with van der Waals surface area (Å²) in [5.74, 6) is -1.82. The van der Waals surface area contributed by atoms with Gasteiger partial charge < -0.3 is 25.6 Å². The molecule has 2 aromatic rings. The highest BCUT2D eigenvalue weighted by Crippen LogP contribution is 2.44. The molecule has 1 aliphatic rings. The van der Waals surface area contributed by atoms with Crippen molar-refractivity contribution in [1.29, 1.82) is 0 Å². The zero-order valence-corrected chi connectivity index (χ0v) is 18.1. The molecule has 0 aromatic heterocycles. The van der Waals surface area contributed by atoms with Gasteiger partial charge in [0.2, 0.25) is 0 Å². The summed E-state index contributed by atoms with van der Waals surface area (Å²) in [6.45, 7) is 3.05. The van der Waals surface area contributed by atoms with Gasteiger partial charge in [-0.05, 0) is 34.6 Å². The number of amides is 2. The largest absolute Gasteiger partial charge is 0.451 e. The van der Waals surface area contributed by atoms with E-state index in [1.165, 1.54) is 0 Å². The van der Waals surface area contributed by atoms with Crippen LogP contribution >= 0.6 is 0 Å². The summed E-state index contributed by atoms with van der Waals surface area (Å²) in [4.78, 5) is 36.2. The van der Waals surface area contributed by atoms with E-state index in [1.807, 2.05) is 62.4 Å². The van der Waals surface area contributed by atoms with Gasteiger partial charge in [-0.1, -0.05) is 62.4 Å². The minimum Gasteiger partial charge on any atom is -0.451 e. The second-order valence-corrected chi connectivity index (χ2v) is 8.16. The van der Waals surface area contributed by atoms with Crippen LogP contribution in [0.15, 0.2) is 48.5 Å². The highest BCUT2D eigenvalue weighted by Gasteiger charge is 2.31. The average Bonchev–Trinajstić information content (AvgIpc) is 3.09. The summed E-state index contributed by atoms with van der Waals surface area (Å²) in [5.41, 5.74) is 9.58. The van der Waals surface area contributed by atoms with Crippen LogP contribution in [0.25, 0.3) is 11.1 Å². The van der Waals surface area contributed by atoms with Gasteiger partial charge in [0.1, 0.15) is 6.61 Å². The molecule has 170 valence electrons. The fraction of sp³-hybridized carbons (Fsp3) is 0.375. The number of nitrogens with two attached hydrogens (primary N) is 1. The number of aliphatic hydroxyl groups is 1. The van der Waals surface area contributed by atoms with Crippen LogP contribution in [0.2, 0.25) is 0 Å². The number of fused-ring (bicyclic) bond motifs is 3. The van der Waals surface area contributed by atoms with Crippen molar-refractivity contribution in [2.75, 3.05) is 13.2 Å². The van der Waals surface area contributed by atoms with E-state index in [4.69, 9.17) is 15.2 Å². The van der Waals surface area contributed by atoms with Crippen LogP contribution in [0.1, 0.15) is 37.3 Å². The molecule has 32 heavy (non-hydrogen) atoms. The third kappa shape index (κ3) is 5.26. The van der Waals surface area contributed by atoms with E-state index in [0.717, 1.165) is 22.3 Å². The van der Waals surface area contributed by atoms with Crippen molar-refractivity contribution in [3.05, 3.63) is 59.7 Å². The van der Waals surface area contributed by atoms with Crippen LogP contribution in [0.4, 0.5) is 4.79 Å². The first-order chi connectivity index (χ1) is 15.3. The Labute approximate surface area is 186 Å². The molecule has 0 spiro atoms. The number of esters is 1. The fourth-order valence-corrected chi connectivity index (χ4v) is 3.83. The molecule has 0 saturated carbocycles. The van der Waals surface area contributed by atoms with Gasteiger partial charge in [-0.15, -0.1) is 0 Å². The molecule has 1 aliphatic carbocycles. The summed E-state index contributed by atoms with van der Waals surface area (Å²) in [7, 11) is 0. The van der Waals surface area contributed by atoms with Crippen LogP contribution in [-0.4, -0.2) is 48.4 Å². The van der Waals surface area contributed by atoms with Crippen molar-refractivity contribution < 1.29 is 29.0 Å². The maximum Gasteiger partial charge on any atom is 0.407 e. The predicted molar refractivity (Wildman–Crippen MR) is 118 cm³/mol. The lowest BCUT2D eigenvalue weighted by Crippen LogP contribution is -2.47. The second kappa shape index (κ2) is 10.3. The van der Waals surface area contributed by atoms with E-state index in [0.29, 0.717) is 0 Å². The van der Waals surface area contributed by atoms with E-state index in [2.05, 4.69) is 5.32 Å². The zero-order valence-electron chi connectivity index (χ0n) is 18.1. The van der Waals surface area contributed by atoms with Crippen molar-refractivity contribution in [2.24, 2.45) is 11.7 Å². The Morgan fingerprint density at radius 2 is 1.59 bits per heavy atom. The number of ether oxygens (including phenoxy) is 2. The number of rotatable bonds is 9. The number of hydrogen-bond acceptors (Lipinski definition) is 6. The van der Waals surface area contributed by atoms with Crippen LogP contribution in [0, 0.1) is 5.92 Å². The van der Waals surface area contributed by atoms with Crippen LogP contribution in [0.3, 0.4) is 0 Å². The Morgan fingerprint density at radius 3 is 2.09 bits per heavy atom. The minimum atomic E-state index is -1.38. The van der Waals surface area contributed by atoms with E-state index >= 15 is 0 Å². The molecule has 8 nitrogen and oxygen atoms in total. The van der Waals surface area contributed by atoms with Gasteiger partial charge in [0.25, 0.3) is 5.91 Å². The lowest BCUT2D eigenvalue weighted by Gasteiger charge is -2.21. The summed E-state index contributed by atoms with van der Waals surface area (Å²) < 4.78 is 10.5. The van der Waals surface area contributed by atoms with Crippen molar-refractivity contribution in [3.63, 3.8) is 0 Å². The molecular formula is C24H28N2O6. The second-order valence-electron chi connectivity index (χ2n) is 8.16. The molecule has 2 aromatic carbocycles. The van der Waals surface area contributed by atoms with Crippen LogP contribution < -0.4 is 11.1 Å². The standard InChI is InChI=1S/C24H28N2O6/c1-14(2)11-21(22(25)28)32-23(29)20(12-27)26-24(30)31-13-19-17-9-5-3-7-15(17)16-8-4-6-10-18(16)19/h3-10,14,19-21,27H,11-13H2,1-2H3,(H2,25,28)(H,26,30)/t20-,21-/m0/s1. The maximum atomic E-state index is 12.4. The monoisotopic (exact) mass is 440 g/mol. The molecule has 0 bridgehead atoms. The molecule has 0 aliphatic heterocycles. The Balaban J connectivity index is 1.61. The lowest BCUT2D eigenvalue weighted by molar-refractivity contribution is -0.158. The normalized spacial score (nSPS) is 14.2. The first kappa shape index (κ1) is 23.3. The van der Waals surface area contributed by atoms with E-state index < -0.39 is 36.7 Å². The minimum absolute atomic E-state index is 0.0583. The van der Waals surface area contributed by atoms with Crippen molar-refractivity contribution in [3.8, 4) is 11.1 Å². The van der Waals surface area contributed by atoms with E-state index in [-0.39, 0.29) is 24.9 Å². The van der Waals surface area contributed by atoms with E-state index in [9.17, 15) is 19.5 Å². The number of aliphatic hydroxyl groups excluding tert-OH is 1. The van der Waals surface area contributed by atoms with Gasteiger partial charge in [0.15, 0.2) is 12.1 Å². The molecule has 8 heteroatoms. The summed E-state index contributed by atoms with van der Waals surface area (Å²) in [6.07, 6.45) is -1.77. The lowest BCUT2D eigenvalue weighted by atomic mass is 9.98. The highest BCUT2D eigenvalue weighted by atomic mass is 16.6. The molecule has 2 atom stereocenters. The number of carbonyl (C=O) groups excluding carboxylic acids is 3. The number of hydrogen-bond donors (Lipinski definition) is 3. The quantitative estimate of drug-likeness (QED) is 0.514. The van der Waals surface area contributed by atoms with Gasteiger partial charge in [0, 0.05) is 5.92 Å². The van der Waals surface area contributed by atoms with Crippen LogP contribution in [0.5, 0.6) is 0 Å². The third-order valence-corrected chi connectivity index (χ3v) is 5.36. The number of carbonyl (C=O) groups is 3. The SMILES string of the molecule is CC(C)C[C@H](OC(=O)[C@H](CO)NC(=O)OCC1c2ccccc2-c2ccccc21)C(N)=O. The first-order valence-electron chi connectivity index (χ1n) is 10.5. The molecule has 2 amide bonds. The number of primary amides is 1.